The molecule has 0 saturated heterocycles. The van der Waals surface area contributed by atoms with E-state index in [2.05, 4.69) is 26.3 Å². The minimum atomic E-state index is -0.613. The quantitative estimate of drug-likeness (QED) is 0.272. The van der Waals surface area contributed by atoms with Gasteiger partial charge in [0.2, 0.25) is 0 Å². The van der Waals surface area contributed by atoms with Crippen molar-refractivity contribution in [2.24, 2.45) is 0 Å². The van der Waals surface area contributed by atoms with E-state index in [-0.39, 0.29) is 18.3 Å². The summed E-state index contributed by atoms with van der Waals surface area (Å²) in [7, 11) is 1.79. The summed E-state index contributed by atoms with van der Waals surface area (Å²) in [6.45, 7) is 2.26. The molecule has 4 aromatic rings. The maximum atomic E-state index is 14.6. The van der Waals surface area contributed by atoms with Gasteiger partial charge < -0.3 is 21.3 Å². The van der Waals surface area contributed by atoms with Crippen LogP contribution in [0, 0.1) is 5.82 Å². The molecule has 0 unspecified atom stereocenters. The van der Waals surface area contributed by atoms with Crippen LogP contribution in [0.5, 0.6) is 0 Å². The Labute approximate surface area is 207 Å². The number of hydrogen-bond acceptors (Lipinski definition) is 4. The lowest BCUT2D eigenvalue weighted by atomic mass is 10.0. The average Bonchev–Trinajstić information content (AvgIpc) is 2.89. The number of rotatable bonds is 5. The molecule has 0 bridgehead atoms. The molecule has 9 heteroatoms. The SMILES string of the molecule is CCc1c(NC)ncc2c1NC(=O)N(c1ccc(F)c(NC(=O)Nc3cccc4ccccc34)c1)C2. The van der Waals surface area contributed by atoms with Crippen molar-refractivity contribution in [2.75, 3.05) is 33.2 Å². The first-order valence-electron chi connectivity index (χ1n) is 11.6. The van der Waals surface area contributed by atoms with Crippen LogP contribution in [0.25, 0.3) is 10.8 Å². The summed E-state index contributed by atoms with van der Waals surface area (Å²) in [5, 5.41) is 13.2. The lowest BCUT2D eigenvalue weighted by molar-refractivity contribution is 0.256. The highest BCUT2D eigenvalue weighted by molar-refractivity contribution is 6.08. The van der Waals surface area contributed by atoms with Gasteiger partial charge in [0.05, 0.1) is 23.6 Å². The molecule has 0 atom stereocenters. The first kappa shape index (κ1) is 23.1. The zero-order valence-electron chi connectivity index (χ0n) is 19.9. The molecule has 0 aliphatic carbocycles. The number of pyridine rings is 1. The summed E-state index contributed by atoms with van der Waals surface area (Å²) in [4.78, 5) is 31.7. The molecule has 0 saturated carbocycles. The second-order valence-electron chi connectivity index (χ2n) is 8.38. The summed E-state index contributed by atoms with van der Waals surface area (Å²) in [6.07, 6.45) is 2.41. The van der Waals surface area contributed by atoms with Crippen LogP contribution < -0.4 is 26.2 Å². The van der Waals surface area contributed by atoms with E-state index in [0.29, 0.717) is 17.8 Å². The van der Waals surface area contributed by atoms with E-state index in [1.807, 2.05) is 43.3 Å². The van der Waals surface area contributed by atoms with E-state index >= 15 is 0 Å². The highest BCUT2D eigenvalue weighted by Gasteiger charge is 2.27. The zero-order chi connectivity index (χ0) is 25.2. The average molecular weight is 485 g/mol. The van der Waals surface area contributed by atoms with E-state index in [4.69, 9.17) is 0 Å². The number of fused-ring (bicyclic) bond motifs is 2. The van der Waals surface area contributed by atoms with E-state index in [1.165, 1.54) is 23.1 Å². The molecule has 0 fully saturated rings. The Kier molecular flexibility index (Phi) is 6.12. The molecule has 1 aromatic heterocycles. The number of amides is 4. The van der Waals surface area contributed by atoms with Crippen molar-refractivity contribution in [3.63, 3.8) is 0 Å². The van der Waals surface area contributed by atoms with Gasteiger partial charge in [0, 0.05) is 35.4 Å². The van der Waals surface area contributed by atoms with Crippen molar-refractivity contribution in [3.8, 4) is 0 Å². The number of aromatic nitrogens is 1. The number of benzene rings is 3. The third-order valence-electron chi connectivity index (χ3n) is 6.20. The van der Waals surface area contributed by atoms with Crippen molar-refractivity contribution >= 4 is 51.4 Å². The number of halogens is 1. The van der Waals surface area contributed by atoms with Gasteiger partial charge in [-0.2, -0.15) is 0 Å². The molecule has 1 aliphatic heterocycles. The Hall–Kier alpha value is -4.66. The van der Waals surface area contributed by atoms with E-state index in [9.17, 15) is 14.0 Å². The molecule has 8 nitrogen and oxygen atoms in total. The Balaban J connectivity index is 1.38. The van der Waals surface area contributed by atoms with Crippen molar-refractivity contribution < 1.29 is 14.0 Å². The first-order valence-corrected chi connectivity index (χ1v) is 11.6. The van der Waals surface area contributed by atoms with Crippen LogP contribution in [0.4, 0.5) is 42.5 Å². The number of anilines is 5. The molecular weight excluding hydrogens is 459 g/mol. The molecule has 2 heterocycles. The van der Waals surface area contributed by atoms with Crippen LogP contribution in [0.1, 0.15) is 18.1 Å². The Morgan fingerprint density at radius 1 is 1.08 bits per heavy atom. The van der Waals surface area contributed by atoms with E-state index in [0.717, 1.165) is 33.4 Å². The van der Waals surface area contributed by atoms with Gasteiger partial charge >= 0.3 is 12.1 Å². The summed E-state index contributed by atoms with van der Waals surface area (Å²) in [5.41, 5.74) is 3.52. The molecule has 4 amide bonds. The van der Waals surface area contributed by atoms with Crippen molar-refractivity contribution in [2.45, 2.75) is 19.9 Å². The van der Waals surface area contributed by atoms with Gasteiger partial charge in [-0.05, 0) is 36.1 Å². The van der Waals surface area contributed by atoms with Gasteiger partial charge in [-0.15, -0.1) is 0 Å². The molecular formula is C27H25FN6O2. The van der Waals surface area contributed by atoms with Crippen molar-refractivity contribution in [1.29, 1.82) is 0 Å². The lowest BCUT2D eigenvalue weighted by Gasteiger charge is -2.31. The number of hydrogen-bond donors (Lipinski definition) is 4. The predicted octanol–water partition coefficient (Wildman–Crippen LogP) is 6.17. The molecule has 5 rings (SSSR count). The summed E-state index contributed by atoms with van der Waals surface area (Å²) in [6, 6.07) is 16.5. The Bertz CT molecular complexity index is 1480. The van der Waals surface area contributed by atoms with Crippen molar-refractivity contribution in [1.82, 2.24) is 4.98 Å². The molecule has 36 heavy (non-hydrogen) atoms. The topological polar surface area (TPSA) is 98.4 Å². The van der Waals surface area contributed by atoms with E-state index < -0.39 is 11.8 Å². The molecule has 1 aliphatic rings. The highest BCUT2D eigenvalue weighted by Crippen LogP contribution is 2.34. The molecule has 3 aromatic carbocycles. The fraction of sp³-hybridized carbons (Fsp3) is 0.148. The van der Waals surface area contributed by atoms with Crippen LogP contribution >= 0.6 is 0 Å². The van der Waals surface area contributed by atoms with Crippen LogP contribution in [0.3, 0.4) is 0 Å². The molecule has 0 radical (unpaired) electrons. The Morgan fingerprint density at radius 2 is 1.86 bits per heavy atom. The monoisotopic (exact) mass is 484 g/mol. The summed E-state index contributed by atoms with van der Waals surface area (Å²) < 4.78 is 14.6. The number of carbonyl (C=O) groups is 2. The normalized spacial score (nSPS) is 12.6. The maximum absolute atomic E-state index is 14.6. The minimum absolute atomic E-state index is 0.0401. The third kappa shape index (κ3) is 4.26. The van der Waals surface area contributed by atoms with Crippen molar-refractivity contribution in [3.05, 3.63) is 83.8 Å². The van der Waals surface area contributed by atoms with Gasteiger partial charge in [-0.3, -0.25) is 4.90 Å². The van der Waals surface area contributed by atoms with Gasteiger partial charge in [0.25, 0.3) is 0 Å². The smallest absolute Gasteiger partial charge is 0.326 e. The van der Waals surface area contributed by atoms with Gasteiger partial charge in [-0.1, -0.05) is 43.3 Å². The van der Waals surface area contributed by atoms with Gasteiger partial charge in [-0.25, -0.2) is 19.0 Å². The fourth-order valence-electron chi connectivity index (χ4n) is 4.44. The summed E-state index contributed by atoms with van der Waals surface area (Å²) >= 11 is 0. The minimum Gasteiger partial charge on any atom is -0.373 e. The summed E-state index contributed by atoms with van der Waals surface area (Å²) in [5.74, 6) is 0.105. The number of carbonyl (C=O) groups excluding carboxylic acids is 2. The van der Waals surface area contributed by atoms with Crippen LogP contribution in [0.15, 0.2) is 66.9 Å². The number of nitrogens with zero attached hydrogens (tertiary/aromatic N) is 2. The van der Waals surface area contributed by atoms with Gasteiger partial charge in [0.1, 0.15) is 11.6 Å². The van der Waals surface area contributed by atoms with E-state index in [1.54, 1.807) is 19.3 Å². The Morgan fingerprint density at radius 3 is 2.67 bits per heavy atom. The number of nitrogens with one attached hydrogen (secondary N) is 4. The largest absolute Gasteiger partial charge is 0.373 e. The van der Waals surface area contributed by atoms with Crippen LogP contribution in [0.2, 0.25) is 0 Å². The van der Waals surface area contributed by atoms with Crippen LogP contribution in [-0.2, 0) is 13.0 Å². The first-order chi connectivity index (χ1) is 17.5. The molecule has 182 valence electrons. The zero-order valence-corrected chi connectivity index (χ0v) is 19.9. The lowest BCUT2D eigenvalue weighted by Crippen LogP contribution is -2.39. The standard InChI is InChI=1S/C27H25FN6O2/c1-3-19-24-17(14-30-25(19)29-2)15-34(27(36)33-24)18-11-12-21(28)23(13-18)32-26(35)31-22-10-6-8-16-7-4-5-9-20(16)22/h4-14H,3,15H2,1-2H3,(H,29,30)(H,33,36)(H2,31,32,35). The predicted molar refractivity (Wildman–Crippen MR) is 141 cm³/mol. The van der Waals surface area contributed by atoms with Crippen LogP contribution in [-0.4, -0.2) is 24.1 Å². The van der Waals surface area contributed by atoms with Gasteiger partial charge in [0.15, 0.2) is 0 Å². The maximum Gasteiger partial charge on any atom is 0.326 e. The second kappa shape index (κ2) is 9.53. The molecule has 4 N–H and O–H groups in total. The molecule has 0 spiro atoms. The highest BCUT2D eigenvalue weighted by atomic mass is 19.1. The second-order valence-corrected chi connectivity index (χ2v) is 8.38. The number of urea groups is 2. The third-order valence-corrected chi connectivity index (χ3v) is 6.20. The fourth-order valence-corrected chi connectivity index (χ4v) is 4.44.